The first-order valence-corrected chi connectivity index (χ1v) is 8.77. The topological polar surface area (TPSA) is 84.4 Å². The van der Waals surface area contributed by atoms with Gasteiger partial charge in [0, 0.05) is 37.5 Å². The number of hydrogen-bond donors (Lipinski definition) is 1. The monoisotopic (exact) mass is 352 g/mol. The Morgan fingerprint density at radius 3 is 2.62 bits per heavy atom. The molecule has 2 aliphatic heterocycles. The van der Waals surface area contributed by atoms with Crippen molar-refractivity contribution in [3.05, 3.63) is 47.9 Å². The van der Waals surface area contributed by atoms with Crippen molar-refractivity contribution < 1.29 is 14.3 Å². The number of carbonyl (C=O) groups is 2. The molecule has 2 saturated heterocycles. The van der Waals surface area contributed by atoms with E-state index in [9.17, 15) is 9.59 Å². The Balaban J connectivity index is 1.52. The summed E-state index contributed by atoms with van der Waals surface area (Å²) in [5, 5.41) is 2.85. The predicted molar refractivity (Wildman–Crippen MR) is 94.6 cm³/mol. The van der Waals surface area contributed by atoms with Gasteiger partial charge in [0.2, 0.25) is 5.91 Å². The number of amides is 2. The lowest BCUT2D eigenvalue weighted by atomic mass is 9.97. The number of nitrogens with one attached hydrogen (secondary N) is 1. The first kappa shape index (κ1) is 16.7. The van der Waals surface area contributed by atoms with Crippen LogP contribution in [0.15, 0.2) is 36.7 Å². The van der Waals surface area contributed by atoms with Crippen LogP contribution in [0.2, 0.25) is 0 Å². The molecule has 134 valence electrons. The van der Waals surface area contributed by atoms with Crippen molar-refractivity contribution in [2.75, 3.05) is 32.8 Å². The molecule has 0 saturated carbocycles. The van der Waals surface area contributed by atoms with Crippen molar-refractivity contribution in [3.63, 3.8) is 0 Å². The standard InChI is InChI=1S/C19H20N4O3/c24-18-9-15(10-21-18)13-1-3-14(4-2-13)16-11-20-12-17(22-16)19(25)23-5-7-26-8-6-23/h1-4,11-12,15H,5-10H2,(H,21,24). The molecule has 26 heavy (non-hydrogen) atoms. The highest BCUT2D eigenvalue weighted by molar-refractivity contribution is 5.92. The molecule has 1 aromatic heterocycles. The Bertz CT molecular complexity index is 816. The average Bonchev–Trinajstić information content (AvgIpc) is 3.15. The highest BCUT2D eigenvalue weighted by Crippen LogP contribution is 2.25. The highest BCUT2D eigenvalue weighted by Gasteiger charge is 2.23. The van der Waals surface area contributed by atoms with E-state index in [2.05, 4.69) is 15.3 Å². The second-order valence-electron chi connectivity index (χ2n) is 6.52. The number of hydrogen-bond acceptors (Lipinski definition) is 5. The van der Waals surface area contributed by atoms with Crippen LogP contribution < -0.4 is 5.32 Å². The summed E-state index contributed by atoms with van der Waals surface area (Å²) in [4.78, 5) is 34.4. The quantitative estimate of drug-likeness (QED) is 0.898. The summed E-state index contributed by atoms with van der Waals surface area (Å²) in [7, 11) is 0. The first-order valence-electron chi connectivity index (χ1n) is 8.77. The predicted octanol–water partition coefficient (Wildman–Crippen LogP) is 1.22. The van der Waals surface area contributed by atoms with Gasteiger partial charge in [-0.15, -0.1) is 0 Å². The van der Waals surface area contributed by atoms with Crippen LogP contribution in [0.5, 0.6) is 0 Å². The van der Waals surface area contributed by atoms with Gasteiger partial charge in [-0.05, 0) is 5.56 Å². The lowest BCUT2D eigenvalue weighted by Crippen LogP contribution is -2.41. The van der Waals surface area contributed by atoms with E-state index in [0.717, 1.165) is 11.1 Å². The van der Waals surface area contributed by atoms with Gasteiger partial charge in [-0.1, -0.05) is 24.3 Å². The Morgan fingerprint density at radius 2 is 1.92 bits per heavy atom. The minimum Gasteiger partial charge on any atom is -0.378 e. The largest absolute Gasteiger partial charge is 0.378 e. The van der Waals surface area contributed by atoms with Gasteiger partial charge in [0.25, 0.3) is 5.91 Å². The van der Waals surface area contributed by atoms with E-state index in [1.165, 1.54) is 6.20 Å². The van der Waals surface area contributed by atoms with Gasteiger partial charge < -0.3 is 15.0 Å². The van der Waals surface area contributed by atoms with Crippen molar-refractivity contribution in [1.82, 2.24) is 20.2 Å². The van der Waals surface area contributed by atoms with E-state index in [1.807, 2.05) is 24.3 Å². The number of aromatic nitrogens is 2. The third-order valence-electron chi connectivity index (χ3n) is 4.81. The first-order chi connectivity index (χ1) is 12.7. The molecule has 2 fully saturated rings. The highest BCUT2D eigenvalue weighted by atomic mass is 16.5. The van der Waals surface area contributed by atoms with Crippen LogP contribution in [-0.4, -0.2) is 59.5 Å². The molecule has 4 rings (SSSR count). The van der Waals surface area contributed by atoms with Crippen LogP contribution >= 0.6 is 0 Å². The number of ether oxygens (including phenoxy) is 1. The minimum absolute atomic E-state index is 0.0965. The van der Waals surface area contributed by atoms with Crippen molar-refractivity contribution in [2.24, 2.45) is 0 Å². The zero-order valence-electron chi connectivity index (χ0n) is 14.4. The normalized spacial score (nSPS) is 20.1. The van der Waals surface area contributed by atoms with Crippen molar-refractivity contribution >= 4 is 11.8 Å². The van der Waals surface area contributed by atoms with Crippen LogP contribution in [0, 0.1) is 0 Å². The fraction of sp³-hybridized carbons (Fsp3) is 0.368. The fourth-order valence-electron chi connectivity index (χ4n) is 3.30. The lowest BCUT2D eigenvalue weighted by molar-refractivity contribution is -0.119. The summed E-state index contributed by atoms with van der Waals surface area (Å²) in [6.07, 6.45) is 3.69. The van der Waals surface area contributed by atoms with Crippen LogP contribution in [0.1, 0.15) is 28.4 Å². The third-order valence-corrected chi connectivity index (χ3v) is 4.81. The van der Waals surface area contributed by atoms with Gasteiger partial charge in [-0.3, -0.25) is 14.6 Å². The molecular weight excluding hydrogens is 332 g/mol. The Kier molecular flexibility index (Phi) is 4.62. The van der Waals surface area contributed by atoms with Gasteiger partial charge in [-0.2, -0.15) is 0 Å². The van der Waals surface area contributed by atoms with E-state index in [1.54, 1.807) is 11.1 Å². The van der Waals surface area contributed by atoms with E-state index in [4.69, 9.17) is 4.74 Å². The van der Waals surface area contributed by atoms with Crippen LogP contribution in [0.25, 0.3) is 11.3 Å². The Hall–Kier alpha value is -2.80. The molecule has 0 bridgehead atoms. The lowest BCUT2D eigenvalue weighted by Gasteiger charge is -2.26. The minimum atomic E-state index is -0.116. The van der Waals surface area contributed by atoms with Crippen LogP contribution in [0.3, 0.4) is 0 Å². The number of rotatable bonds is 3. The summed E-state index contributed by atoms with van der Waals surface area (Å²) in [6.45, 7) is 2.94. The molecule has 2 amide bonds. The average molecular weight is 352 g/mol. The Morgan fingerprint density at radius 1 is 1.15 bits per heavy atom. The van der Waals surface area contributed by atoms with Gasteiger partial charge >= 0.3 is 0 Å². The summed E-state index contributed by atoms with van der Waals surface area (Å²) in [5.74, 6) is 0.200. The van der Waals surface area contributed by atoms with Crippen LogP contribution in [-0.2, 0) is 9.53 Å². The molecular formula is C19H20N4O3. The van der Waals surface area contributed by atoms with E-state index >= 15 is 0 Å². The number of benzene rings is 1. The molecule has 7 heteroatoms. The molecule has 3 heterocycles. The summed E-state index contributed by atoms with van der Waals surface area (Å²) in [5.41, 5.74) is 3.03. The summed E-state index contributed by atoms with van der Waals surface area (Å²) in [6, 6.07) is 7.95. The van der Waals surface area contributed by atoms with Gasteiger partial charge in [0.1, 0.15) is 5.69 Å². The van der Waals surface area contributed by atoms with Gasteiger partial charge in [-0.25, -0.2) is 4.98 Å². The maximum Gasteiger partial charge on any atom is 0.274 e. The second-order valence-corrected chi connectivity index (χ2v) is 6.52. The molecule has 1 atom stereocenters. The van der Waals surface area contributed by atoms with Gasteiger partial charge in [0.05, 0.1) is 31.3 Å². The van der Waals surface area contributed by atoms with Crippen molar-refractivity contribution in [3.8, 4) is 11.3 Å². The molecule has 7 nitrogen and oxygen atoms in total. The molecule has 1 N–H and O–H groups in total. The van der Waals surface area contributed by atoms with Crippen molar-refractivity contribution in [2.45, 2.75) is 12.3 Å². The number of nitrogens with zero attached hydrogens (tertiary/aromatic N) is 3. The molecule has 1 unspecified atom stereocenters. The smallest absolute Gasteiger partial charge is 0.274 e. The van der Waals surface area contributed by atoms with E-state index in [-0.39, 0.29) is 17.7 Å². The maximum absolute atomic E-state index is 12.6. The van der Waals surface area contributed by atoms with Gasteiger partial charge in [0.15, 0.2) is 0 Å². The Labute approximate surface area is 151 Å². The molecule has 2 aromatic rings. The molecule has 2 aliphatic rings. The SMILES string of the molecule is O=C1CC(c2ccc(-c3cncc(C(=O)N4CCOCC4)n3)cc2)CN1. The fourth-order valence-corrected chi connectivity index (χ4v) is 3.30. The molecule has 1 aromatic carbocycles. The van der Waals surface area contributed by atoms with Crippen LogP contribution in [0.4, 0.5) is 0 Å². The third kappa shape index (κ3) is 3.43. The zero-order valence-corrected chi connectivity index (χ0v) is 14.4. The second kappa shape index (κ2) is 7.21. The maximum atomic E-state index is 12.6. The summed E-state index contributed by atoms with van der Waals surface area (Å²) < 4.78 is 5.28. The number of carbonyl (C=O) groups excluding carboxylic acids is 2. The van der Waals surface area contributed by atoms with E-state index in [0.29, 0.717) is 50.7 Å². The van der Waals surface area contributed by atoms with Crippen molar-refractivity contribution in [1.29, 1.82) is 0 Å². The molecule has 0 spiro atoms. The zero-order chi connectivity index (χ0) is 17.9. The summed E-state index contributed by atoms with van der Waals surface area (Å²) >= 11 is 0. The molecule has 0 radical (unpaired) electrons. The van der Waals surface area contributed by atoms with E-state index < -0.39 is 0 Å². The molecule has 0 aliphatic carbocycles. The number of morpholine rings is 1.